The molecular formula is C14H19NO5. The fourth-order valence-electron chi connectivity index (χ4n) is 1.65. The highest BCUT2D eigenvalue weighted by Gasteiger charge is 2.08. The molecule has 0 amide bonds. The van der Waals surface area contributed by atoms with Crippen molar-refractivity contribution in [2.45, 2.75) is 19.8 Å². The third kappa shape index (κ3) is 4.46. The molecule has 0 bridgehead atoms. The van der Waals surface area contributed by atoms with E-state index >= 15 is 0 Å². The molecule has 20 heavy (non-hydrogen) atoms. The average Bonchev–Trinajstić information content (AvgIpc) is 2.45. The third-order valence-corrected chi connectivity index (χ3v) is 2.69. The van der Waals surface area contributed by atoms with Crippen LogP contribution in [0.15, 0.2) is 17.3 Å². The van der Waals surface area contributed by atoms with Gasteiger partial charge in [0.2, 0.25) is 0 Å². The lowest BCUT2D eigenvalue weighted by Crippen LogP contribution is -2.00. The summed E-state index contributed by atoms with van der Waals surface area (Å²) in [6.07, 6.45) is 2.23. The second-order valence-electron chi connectivity index (χ2n) is 3.97. The van der Waals surface area contributed by atoms with Gasteiger partial charge in [0.1, 0.15) is 18.1 Å². The summed E-state index contributed by atoms with van der Waals surface area (Å²) in [5.41, 5.74) is 1.78. The first kappa shape index (κ1) is 15.8. The van der Waals surface area contributed by atoms with Crippen molar-refractivity contribution < 1.29 is 24.2 Å². The Morgan fingerprint density at radius 2 is 2.00 bits per heavy atom. The van der Waals surface area contributed by atoms with Crippen LogP contribution in [0.4, 0.5) is 0 Å². The summed E-state index contributed by atoms with van der Waals surface area (Å²) in [4.78, 5) is 15.2. The summed E-state index contributed by atoms with van der Waals surface area (Å²) in [7, 11) is 3.17. The molecule has 1 aromatic rings. The average molecular weight is 281 g/mol. The molecule has 0 saturated carbocycles. The molecule has 0 aromatic heterocycles. The minimum atomic E-state index is -0.921. The Kier molecular flexibility index (Phi) is 6.36. The topological polar surface area (TPSA) is 77.4 Å². The zero-order valence-corrected chi connectivity index (χ0v) is 11.9. The normalized spacial score (nSPS) is 10.6. The van der Waals surface area contributed by atoms with Gasteiger partial charge in [-0.1, -0.05) is 12.1 Å². The number of hydrogen-bond acceptors (Lipinski definition) is 5. The van der Waals surface area contributed by atoms with E-state index in [1.54, 1.807) is 20.3 Å². The van der Waals surface area contributed by atoms with E-state index in [9.17, 15) is 4.79 Å². The fraction of sp³-hybridized carbons (Fsp3) is 0.429. The van der Waals surface area contributed by atoms with E-state index in [4.69, 9.17) is 19.4 Å². The summed E-state index contributed by atoms with van der Waals surface area (Å²) >= 11 is 0. The number of benzene rings is 1. The Bertz CT molecular complexity index is 485. The molecule has 0 aliphatic carbocycles. The maximum absolute atomic E-state index is 10.3. The summed E-state index contributed by atoms with van der Waals surface area (Å²) in [5, 5.41) is 12.2. The number of methoxy groups -OCH3 is 2. The van der Waals surface area contributed by atoms with Crippen LogP contribution in [0, 0.1) is 0 Å². The van der Waals surface area contributed by atoms with Crippen LogP contribution in [0.3, 0.4) is 0 Å². The first-order valence-corrected chi connectivity index (χ1v) is 6.24. The summed E-state index contributed by atoms with van der Waals surface area (Å²) in [6.45, 7) is 2.06. The molecule has 1 aromatic carbocycles. The molecular weight excluding hydrogens is 262 g/mol. The van der Waals surface area contributed by atoms with E-state index in [1.165, 1.54) is 6.21 Å². The minimum Gasteiger partial charge on any atom is -0.496 e. The molecule has 0 heterocycles. The molecule has 0 aliphatic rings. The van der Waals surface area contributed by atoms with Gasteiger partial charge in [-0.3, -0.25) is 4.79 Å². The van der Waals surface area contributed by atoms with Crippen molar-refractivity contribution in [3.05, 3.63) is 23.3 Å². The monoisotopic (exact) mass is 281 g/mol. The molecule has 6 nitrogen and oxygen atoms in total. The Morgan fingerprint density at radius 3 is 2.55 bits per heavy atom. The Labute approximate surface area is 117 Å². The van der Waals surface area contributed by atoms with Gasteiger partial charge in [0, 0.05) is 11.6 Å². The molecule has 0 aliphatic heterocycles. The maximum Gasteiger partial charge on any atom is 0.306 e. The lowest BCUT2D eigenvalue weighted by molar-refractivity contribution is -0.138. The number of oxime groups is 1. The third-order valence-electron chi connectivity index (χ3n) is 2.69. The van der Waals surface area contributed by atoms with Crippen molar-refractivity contribution >= 4 is 12.2 Å². The highest BCUT2D eigenvalue weighted by atomic mass is 16.6. The summed E-state index contributed by atoms with van der Waals surface area (Å²) in [6, 6.07) is 3.69. The zero-order chi connectivity index (χ0) is 15.0. The lowest BCUT2D eigenvalue weighted by Gasteiger charge is -2.11. The van der Waals surface area contributed by atoms with Crippen LogP contribution in [-0.4, -0.2) is 38.1 Å². The summed E-state index contributed by atoms with van der Waals surface area (Å²) < 4.78 is 10.5. The highest BCUT2D eigenvalue weighted by Crippen LogP contribution is 2.28. The number of aryl methyl sites for hydroxylation is 1. The van der Waals surface area contributed by atoms with Crippen LogP contribution in [0.2, 0.25) is 0 Å². The molecule has 0 atom stereocenters. The van der Waals surface area contributed by atoms with Gasteiger partial charge in [-0.2, -0.15) is 0 Å². The molecule has 0 saturated heterocycles. The fourth-order valence-corrected chi connectivity index (χ4v) is 1.65. The van der Waals surface area contributed by atoms with E-state index in [0.717, 1.165) is 23.3 Å². The van der Waals surface area contributed by atoms with Crippen LogP contribution in [-0.2, 0) is 16.1 Å². The highest BCUT2D eigenvalue weighted by molar-refractivity contribution is 5.84. The molecule has 0 spiro atoms. The zero-order valence-electron chi connectivity index (χ0n) is 11.9. The van der Waals surface area contributed by atoms with E-state index in [1.807, 2.05) is 13.0 Å². The van der Waals surface area contributed by atoms with Crippen LogP contribution >= 0.6 is 0 Å². The predicted molar refractivity (Wildman–Crippen MR) is 74.7 cm³/mol. The molecule has 0 radical (unpaired) electrons. The number of rotatable bonds is 8. The van der Waals surface area contributed by atoms with Gasteiger partial charge in [-0.15, -0.1) is 0 Å². The van der Waals surface area contributed by atoms with Crippen molar-refractivity contribution in [2.75, 3.05) is 20.8 Å². The second-order valence-corrected chi connectivity index (χ2v) is 3.97. The molecule has 110 valence electrons. The molecule has 0 unspecified atom stereocenters. The number of carboxylic acids is 1. The van der Waals surface area contributed by atoms with E-state index in [2.05, 4.69) is 5.16 Å². The van der Waals surface area contributed by atoms with Gasteiger partial charge in [-0.05, 0) is 18.1 Å². The van der Waals surface area contributed by atoms with Crippen molar-refractivity contribution in [1.29, 1.82) is 0 Å². The molecule has 0 fully saturated rings. The van der Waals surface area contributed by atoms with Crippen molar-refractivity contribution in [3.8, 4) is 11.5 Å². The second kappa shape index (κ2) is 8.04. The van der Waals surface area contributed by atoms with Crippen LogP contribution < -0.4 is 9.47 Å². The Morgan fingerprint density at radius 1 is 1.30 bits per heavy atom. The van der Waals surface area contributed by atoms with Crippen molar-refractivity contribution in [2.24, 2.45) is 5.16 Å². The van der Waals surface area contributed by atoms with Crippen molar-refractivity contribution in [1.82, 2.24) is 0 Å². The predicted octanol–water partition coefficient (Wildman–Crippen LogP) is 2.09. The Hall–Kier alpha value is -2.24. The summed E-state index contributed by atoms with van der Waals surface area (Å²) in [5.74, 6) is 0.452. The number of nitrogens with zero attached hydrogens (tertiary/aromatic N) is 1. The number of ether oxygens (including phenoxy) is 2. The van der Waals surface area contributed by atoms with E-state index < -0.39 is 5.97 Å². The van der Waals surface area contributed by atoms with Gasteiger partial charge in [0.25, 0.3) is 0 Å². The largest absolute Gasteiger partial charge is 0.496 e. The number of hydrogen-bond donors (Lipinski definition) is 1. The first-order chi connectivity index (χ1) is 9.62. The Balaban J connectivity index is 2.82. The number of aliphatic carboxylic acids is 1. The van der Waals surface area contributed by atoms with E-state index in [0.29, 0.717) is 5.75 Å². The van der Waals surface area contributed by atoms with Gasteiger partial charge in [0.15, 0.2) is 0 Å². The number of carboxylic acid groups (broad SMARTS) is 1. The number of carbonyl (C=O) groups is 1. The SMILES string of the molecule is CCc1cc(/C=N/OCCC(=O)O)c(OC)cc1OC. The van der Waals surface area contributed by atoms with Gasteiger partial charge in [0.05, 0.1) is 26.9 Å². The standard InChI is InChI=1S/C14H19NO5/c1-4-10-7-11(9-15-20-6-5-14(16)17)13(19-3)8-12(10)18-2/h7-9H,4-6H2,1-3H3,(H,16,17)/b15-9+. The molecule has 1 N–H and O–H groups in total. The smallest absolute Gasteiger partial charge is 0.306 e. The molecule has 1 rings (SSSR count). The van der Waals surface area contributed by atoms with Crippen LogP contribution in [0.1, 0.15) is 24.5 Å². The molecule has 6 heteroatoms. The van der Waals surface area contributed by atoms with Gasteiger partial charge < -0.3 is 19.4 Å². The minimum absolute atomic E-state index is 0.0327. The van der Waals surface area contributed by atoms with Gasteiger partial charge >= 0.3 is 5.97 Å². The van der Waals surface area contributed by atoms with Crippen LogP contribution in [0.25, 0.3) is 0 Å². The van der Waals surface area contributed by atoms with Crippen LogP contribution in [0.5, 0.6) is 11.5 Å². The quantitative estimate of drug-likeness (QED) is 0.448. The van der Waals surface area contributed by atoms with Crippen molar-refractivity contribution in [3.63, 3.8) is 0 Å². The van der Waals surface area contributed by atoms with E-state index in [-0.39, 0.29) is 13.0 Å². The van der Waals surface area contributed by atoms with Gasteiger partial charge in [-0.25, -0.2) is 0 Å². The lowest BCUT2D eigenvalue weighted by atomic mass is 10.1. The first-order valence-electron chi connectivity index (χ1n) is 6.24. The maximum atomic E-state index is 10.3.